The van der Waals surface area contributed by atoms with Crippen LogP contribution in [0.25, 0.3) is 17.2 Å². The van der Waals surface area contributed by atoms with Gasteiger partial charge in [-0.2, -0.15) is 0 Å². The maximum absolute atomic E-state index is 12.6. The molecule has 4 aromatic rings. The van der Waals surface area contributed by atoms with E-state index in [1.165, 1.54) is 17.3 Å². The number of halogens is 1. The first-order valence-corrected chi connectivity index (χ1v) is 12.1. The van der Waals surface area contributed by atoms with Crippen molar-refractivity contribution in [3.63, 3.8) is 0 Å². The average molecular weight is 478 g/mol. The van der Waals surface area contributed by atoms with Crippen LogP contribution in [0.3, 0.4) is 0 Å². The number of carbonyl (C=O) groups is 1. The van der Waals surface area contributed by atoms with Gasteiger partial charge in [0.05, 0.1) is 5.75 Å². The first-order chi connectivity index (χ1) is 16.0. The molecule has 168 valence electrons. The quantitative estimate of drug-likeness (QED) is 0.304. The van der Waals surface area contributed by atoms with Crippen LogP contribution in [0.5, 0.6) is 0 Å². The van der Waals surface area contributed by atoms with Crippen LogP contribution in [0.15, 0.2) is 78.1 Å². The summed E-state index contributed by atoms with van der Waals surface area (Å²) in [7, 11) is 0. The fourth-order valence-electron chi connectivity index (χ4n) is 3.31. The van der Waals surface area contributed by atoms with Crippen molar-refractivity contribution in [3.05, 3.63) is 83.5 Å². The second kappa shape index (κ2) is 10.6. The van der Waals surface area contributed by atoms with Gasteiger partial charge in [-0.25, -0.2) is 0 Å². The number of nitrogens with zero attached hydrogens (tertiary/aromatic N) is 4. The summed E-state index contributed by atoms with van der Waals surface area (Å²) in [5.41, 5.74) is 3.58. The van der Waals surface area contributed by atoms with E-state index in [0.717, 1.165) is 17.8 Å². The first kappa shape index (κ1) is 23.0. The van der Waals surface area contributed by atoms with E-state index in [1.807, 2.05) is 59.2 Å². The molecule has 0 aliphatic rings. The normalized spacial score (nSPS) is 11.8. The van der Waals surface area contributed by atoms with Crippen LogP contribution in [0.4, 0.5) is 5.69 Å². The fourth-order valence-corrected chi connectivity index (χ4v) is 4.18. The van der Waals surface area contributed by atoms with Crippen LogP contribution in [0.2, 0.25) is 5.02 Å². The number of benzene rings is 2. The zero-order valence-electron chi connectivity index (χ0n) is 18.4. The molecule has 0 bridgehead atoms. The monoisotopic (exact) mass is 477 g/mol. The van der Waals surface area contributed by atoms with Crippen LogP contribution < -0.4 is 5.32 Å². The van der Waals surface area contributed by atoms with E-state index in [0.29, 0.717) is 27.6 Å². The third-order valence-electron chi connectivity index (χ3n) is 5.32. The molecular weight excluding hydrogens is 454 g/mol. The summed E-state index contributed by atoms with van der Waals surface area (Å²) in [5.74, 6) is 1.18. The molecule has 2 aromatic carbocycles. The highest BCUT2D eigenvalue weighted by atomic mass is 35.5. The van der Waals surface area contributed by atoms with E-state index >= 15 is 0 Å². The number of anilines is 1. The third-order valence-corrected chi connectivity index (χ3v) is 6.50. The number of rotatable bonds is 8. The molecule has 6 nitrogen and oxygen atoms in total. The Morgan fingerprint density at radius 2 is 1.82 bits per heavy atom. The van der Waals surface area contributed by atoms with E-state index in [-0.39, 0.29) is 11.7 Å². The summed E-state index contributed by atoms with van der Waals surface area (Å²) < 4.78 is 1.89. The van der Waals surface area contributed by atoms with Crippen molar-refractivity contribution in [1.82, 2.24) is 19.7 Å². The van der Waals surface area contributed by atoms with Gasteiger partial charge in [0.1, 0.15) is 5.69 Å². The fraction of sp³-hybridized carbons (Fsp3) is 0.200. The highest BCUT2D eigenvalue weighted by Crippen LogP contribution is 2.28. The van der Waals surface area contributed by atoms with Gasteiger partial charge in [0.2, 0.25) is 5.91 Å². The van der Waals surface area contributed by atoms with E-state index in [1.54, 1.807) is 6.20 Å². The number of pyridine rings is 1. The molecule has 1 N–H and O–H groups in total. The van der Waals surface area contributed by atoms with Gasteiger partial charge >= 0.3 is 0 Å². The van der Waals surface area contributed by atoms with Crippen LogP contribution >= 0.6 is 23.4 Å². The van der Waals surface area contributed by atoms with Crippen LogP contribution in [0, 0.1) is 0 Å². The minimum absolute atomic E-state index is 0.110. The number of hydrogen-bond acceptors (Lipinski definition) is 5. The average Bonchev–Trinajstić information content (AvgIpc) is 3.28. The topological polar surface area (TPSA) is 72.7 Å². The Morgan fingerprint density at radius 3 is 2.48 bits per heavy atom. The second-order valence-corrected chi connectivity index (χ2v) is 8.98. The van der Waals surface area contributed by atoms with E-state index in [4.69, 9.17) is 11.6 Å². The molecule has 33 heavy (non-hydrogen) atoms. The molecule has 2 heterocycles. The Labute approximate surface area is 202 Å². The summed E-state index contributed by atoms with van der Waals surface area (Å²) in [6, 6.07) is 21.0. The molecule has 1 amide bonds. The zero-order valence-corrected chi connectivity index (χ0v) is 20.0. The van der Waals surface area contributed by atoms with E-state index in [9.17, 15) is 4.79 Å². The zero-order chi connectivity index (χ0) is 23.2. The number of thioether (sulfide) groups is 1. The number of amides is 1. The number of carbonyl (C=O) groups excluding carboxylic acids is 1. The molecule has 0 aliphatic carbocycles. The molecule has 1 unspecified atom stereocenters. The van der Waals surface area contributed by atoms with Gasteiger partial charge in [-0.1, -0.05) is 55.4 Å². The molecule has 8 heteroatoms. The van der Waals surface area contributed by atoms with Crippen molar-refractivity contribution >= 4 is 35.0 Å². The first-order valence-electron chi connectivity index (χ1n) is 10.7. The van der Waals surface area contributed by atoms with Gasteiger partial charge in [-0.15, -0.1) is 10.2 Å². The lowest BCUT2D eigenvalue weighted by atomic mass is 9.99. The predicted molar refractivity (Wildman–Crippen MR) is 134 cm³/mol. The summed E-state index contributed by atoms with van der Waals surface area (Å²) >= 11 is 7.39. The van der Waals surface area contributed by atoms with Crippen molar-refractivity contribution in [2.75, 3.05) is 11.1 Å². The SMILES string of the molecule is CCC(C)c1ccc(NC(=O)CSc2nnc(-c3ccccn3)n2-c2ccc(Cl)cc2)cc1. The molecule has 0 aliphatic heterocycles. The van der Waals surface area contributed by atoms with Gasteiger partial charge in [0, 0.05) is 22.6 Å². The number of nitrogens with one attached hydrogen (secondary N) is 1. The summed E-state index contributed by atoms with van der Waals surface area (Å²) in [4.78, 5) is 17.0. The molecular formula is C25H24ClN5OS. The molecule has 0 saturated heterocycles. The molecule has 1 atom stereocenters. The van der Waals surface area contributed by atoms with Gasteiger partial charge in [0.15, 0.2) is 11.0 Å². The van der Waals surface area contributed by atoms with Crippen LogP contribution in [-0.4, -0.2) is 31.4 Å². The Morgan fingerprint density at radius 1 is 1.06 bits per heavy atom. The maximum Gasteiger partial charge on any atom is 0.234 e. The largest absolute Gasteiger partial charge is 0.325 e. The molecule has 0 fully saturated rings. The summed E-state index contributed by atoms with van der Waals surface area (Å²) in [6.45, 7) is 4.36. The molecule has 2 aromatic heterocycles. The Bertz CT molecular complexity index is 1210. The van der Waals surface area contributed by atoms with Gasteiger partial charge in [0.25, 0.3) is 0 Å². The lowest BCUT2D eigenvalue weighted by Gasteiger charge is -2.11. The van der Waals surface area contributed by atoms with Crippen LogP contribution in [-0.2, 0) is 4.79 Å². The Hall–Kier alpha value is -3.16. The molecule has 0 spiro atoms. The summed E-state index contributed by atoms with van der Waals surface area (Å²) in [5, 5.41) is 12.9. The highest BCUT2D eigenvalue weighted by molar-refractivity contribution is 7.99. The van der Waals surface area contributed by atoms with Crippen molar-refractivity contribution in [2.45, 2.75) is 31.3 Å². The number of aromatic nitrogens is 4. The van der Waals surface area contributed by atoms with E-state index < -0.39 is 0 Å². The second-order valence-electron chi connectivity index (χ2n) is 7.60. The van der Waals surface area contributed by atoms with E-state index in [2.05, 4.69) is 46.5 Å². The van der Waals surface area contributed by atoms with Crippen LogP contribution in [0.1, 0.15) is 31.7 Å². The van der Waals surface area contributed by atoms with Crippen molar-refractivity contribution in [1.29, 1.82) is 0 Å². The third kappa shape index (κ3) is 5.61. The standard InChI is InChI=1S/C25H24ClN5OS/c1-3-17(2)18-7-11-20(12-8-18)28-23(32)16-33-25-30-29-24(22-6-4-5-15-27-22)31(25)21-13-9-19(26)10-14-21/h4-15,17H,3,16H2,1-2H3,(H,28,32). The number of hydrogen-bond donors (Lipinski definition) is 1. The molecule has 4 rings (SSSR count). The van der Waals surface area contributed by atoms with Gasteiger partial charge < -0.3 is 5.32 Å². The smallest absolute Gasteiger partial charge is 0.234 e. The summed E-state index contributed by atoms with van der Waals surface area (Å²) in [6.07, 6.45) is 2.79. The van der Waals surface area contributed by atoms with Crippen molar-refractivity contribution < 1.29 is 4.79 Å². The minimum atomic E-state index is -0.110. The maximum atomic E-state index is 12.6. The van der Waals surface area contributed by atoms with Gasteiger partial charge in [-0.05, 0) is 66.4 Å². The molecule has 0 radical (unpaired) electrons. The van der Waals surface area contributed by atoms with Crippen molar-refractivity contribution in [2.24, 2.45) is 0 Å². The lowest BCUT2D eigenvalue weighted by Crippen LogP contribution is -2.14. The highest BCUT2D eigenvalue weighted by Gasteiger charge is 2.18. The molecule has 0 saturated carbocycles. The Balaban J connectivity index is 1.51. The Kier molecular flexibility index (Phi) is 7.42. The minimum Gasteiger partial charge on any atom is -0.325 e. The lowest BCUT2D eigenvalue weighted by molar-refractivity contribution is -0.113. The predicted octanol–water partition coefficient (Wildman–Crippen LogP) is 6.23. The van der Waals surface area contributed by atoms with Crippen molar-refractivity contribution in [3.8, 4) is 17.2 Å². The van der Waals surface area contributed by atoms with Gasteiger partial charge in [-0.3, -0.25) is 14.3 Å².